The molecule has 1 aromatic carbocycles. The molecule has 1 fully saturated rings. The molecule has 0 saturated carbocycles. The number of aromatic nitrogens is 1. The van der Waals surface area contributed by atoms with Gasteiger partial charge in [-0.05, 0) is 32.4 Å². The van der Waals surface area contributed by atoms with E-state index in [1.54, 1.807) is 29.7 Å². The summed E-state index contributed by atoms with van der Waals surface area (Å²) in [6.45, 7) is 5.66. The van der Waals surface area contributed by atoms with Gasteiger partial charge in [0.05, 0.1) is 7.11 Å². The number of nitrogens with zero attached hydrogens (tertiary/aromatic N) is 2. The summed E-state index contributed by atoms with van der Waals surface area (Å²) in [6, 6.07) is 6.81. The van der Waals surface area contributed by atoms with Crippen LogP contribution in [0, 0.1) is 6.92 Å². The molecule has 3 heterocycles. The second-order valence-corrected chi connectivity index (χ2v) is 10.1. The highest BCUT2D eigenvalue weighted by atomic mass is 32.2. The number of ether oxygens (including phenoxy) is 1. The number of amides is 2. The van der Waals surface area contributed by atoms with E-state index in [1.165, 1.54) is 18.4 Å². The van der Waals surface area contributed by atoms with Crippen molar-refractivity contribution in [2.24, 2.45) is 0 Å². The van der Waals surface area contributed by atoms with E-state index >= 15 is 0 Å². The molecule has 1 N–H and O–H groups in total. The predicted molar refractivity (Wildman–Crippen MR) is 108 cm³/mol. The van der Waals surface area contributed by atoms with Gasteiger partial charge in [-0.3, -0.25) is 9.59 Å². The maximum Gasteiger partial charge on any atom is 0.357 e. The number of anilines is 1. The molecule has 7 nitrogen and oxygen atoms in total. The zero-order valence-electron chi connectivity index (χ0n) is 15.8. The Kier molecular flexibility index (Phi) is 4.46. The number of fused-ring (bicyclic) bond motifs is 3. The highest BCUT2D eigenvalue weighted by Gasteiger charge is 2.57. The summed E-state index contributed by atoms with van der Waals surface area (Å²) >= 11 is 2.81. The third-order valence-corrected chi connectivity index (χ3v) is 7.37. The number of carbonyl (C=O) groups excluding carboxylic acids is 3. The molecule has 2 atom stereocenters. The minimum atomic E-state index is -0.659. The molecule has 0 unspecified atom stereocenters. The number of esters is 1. The van der Waals surface area contributed by atoms with Gasteiger partial charge >= 0.3 is 5.97 Å². The Morgan fingerprint density at radius 3 is 2.71 bits per heavy atom. The van der Waals surface area contributed by atoms with E-state index in [0.29, 0.717) is 15.6 Å². The molecule has 2 aliphatic heterocycles. The van der Waals surface area contributed by atoms with Gasteiger partial charge in [0, 0.05) is 15.2 Å². The first-order chi connectivity index (χ1) is 13.2. The van der Waals surface area contributed by atoms with Crippen molar-refractivity contribution < 1.29 is 19.1 Å². The number of thioether (sulfide) groups is 1. The van der Waals surface area contributed by atoms with Crippen molar-refractivity contribution in [3.63, 3.8) is 0 Å². The fourth-order valence-electron chi connectivity index (χ4n) is 3.71. The van der Waals surface area contributed by atoms with Gasteiger partial charge in [0.15, 0.2) is 10.8 Å². The Labute approximate surface area is 170 Å². The molecule has 146 valence electrons. The smallest absolute Gasteiger partial charge is 0.357 e. The molecule has 0 spiro atoms. The fourth-order valence-corrected chi connectivity index (χ4v) is 6.11. The largest absolute Gasteiger partial charge is 0.464 e. The minimum absolute atomic E-state index is 0.135. The third-order valence-electron chi connectivity index (χ3n) is 4.95. The van der Waals surface area contributed by atoms with Crippen LogP contribution in [0.5, 0.6) is 0 Å². The molecule has 2 aliphatic rings. The van der Waals surface area contributed by atoms with Crippen molar-refractivity contribution in [1.29, 1.82) is 0 Å². The van der Waals surface area contributed by atoms with Crippen LogP contribution in [0.15, 0.2) is 24.3 Å². The fraction of sp³-hybridized carbons (Fsp3) is 0.368. The maximum atomic E-state index is 13.2. The van der Waals surface area contributed by atoms with E-state index in [9.17, 15) is 14.4 Å². The van der Waals surface area contributed by atoms with Crippen LogP contribution in [0.2, 0.25) is 0 Å². The first kappa shape index (κ1) is 18.9. The number of carbonyl (C=O) groups is 3. The Hall–Kier alpha value is -2.39. The second kappa shape index (κ2) is 6.59. The van der Waals surface area contributed by atoms with Gasteiger partial charge in [0.1, 0.15) is 11.4 Å². The zero-order chi connectivity index (χ0) is 20.2. The van der Waals surface area contributed by atoms with E-state index in [2.05, 4.69) is 10.3 Å². The monoisotopic (exact) mass is 417 g/mol. The van der Waals surface area contributed by atoms with Gasteiger partial charge in [-0.2, -0.15) is 0 Å². The van der Waals surface area contributed by atoms with E-state index in [1.807, 2.05) is 32.0 Å². The summed E-state index contributed by atoms with van der Waals surface area (Å²) in [7, 11) is 1.29. The van der Waals surface area contributed by atoms with E-state index in [4.69, 9.17) is 4.74 Å². The van der Waals surface area contributed by atoms with E-state index < -0.39 is 16.8 Å². The van der Waals surface area contributed by atoms with Crippen LogP contribution in [0.3, 0.4) is 0 Å². The third kappa shape index (κ3) is 2.80. The van der Waals surface area contributed by atoms with E-state index in [-0.39, 0.29) is 22.9 Å². The molecular formula is C19H19N3O4S2. The molecule has 1 aromatic heterocycles. The average molecular weight is 418 g/mol. The van der Waals surface area contributed by atoms with Crippen molar-refractivity contribution >= 4 is 46.0 Å². The highest BCUT2D eigenvalue weighted by Crippen LogP contribution is 2.56. The lowest BCUT2D eigenvalue weighted by Crippen LogP contribution is -2.50. The molecule has 0 bridgehead atoms. The highest BCUT2D eigenvalue weighted by molar-refractivity contribution is 8.01. The summed E-state index contributed by atoms with van der Waals surface area (Å²) in [4.78, 5) is 44.4. The lowest BCUT2D eigenvalue weighted by molar-refractivity contribution is -0.121. The zero-order valence-corrected chi connectivity index (χ0v) is 17.4. The number of benzene rings is 1. The van der Waals surface area contributed by atoms with Gasteiger partial charge in [-0.15, -0.1) is 23.1 Å². The number of hydrogen-bond donors (Lipinski definition) is 1. The quantitative estimate of drug-likeness (QED) is 0.772. The Morgan fingerprint density at radius 2 is 2.00 bits per heavy atom. The number of aryl methyl sites for hydroxylation is 1. The molecule has 1 saturated heterocycles. The normalized spacial score (nSPS) is 22.0. The second-order valence-electron chi connectivity index (χ2n) is 7.18. The molecule has 0 aliphatic carbocycles. The topological polar surface area (TPSA) is 88.6 Å². The van der Waals surface area contributed by atoms with Crippen LogP contribution in [0.1, 0.15) is 50.5 Å². The number of nitrogens with one attached hydrogen (secondary N) is 1. The predicted octanol–water partition coefficient (Wildman–Crippen LogP) is 3.23. The number of thiazole rings is 1. The summed E-state index contributed by atoms with van der Waals surface area (Å²) in [5, 5.41) is 2.93. The maximum absolute atomic E-state index is 13.2. The van der Waals surface area contributed by atoms with E-state index in [0.717, 1.165) is 5.56 Å². The average Bonchev–Trinajstić information content (AvgIpc) is 3.24. The lowest BCUT2D eigenvalue weighted by Gasteiger charge is -2.29. The summed E-state index contributed by atoms with van der Waals surface area (Å²) < 4.78 is 4.23. The molecule has 0 radical (unpaired) electrons. The van der Waals surface area contributed by atoms with Crippen molar-refractivity contribution in [3.8, 4) is 0 Å². The molecule has 4 rings (SSSR count). The first-order valence-electron chi connectivity index (χ1n) is 8.70. The molecule has 2 aromatic rings. The molecule has 28 heavy (non-hydrogen) atoms. The summed E-state index contributed by atoms with van der Waals surface area (Å²) in [5.41, 5.74) is 1.77. The standard InChI is InChI=1S/C19H19N3O4S2/c1-9-12(17(25)26-4)20-18(27-9)21-14(23)13-19(2,3)28-16-11-8-6-5-7-10(11)15(24)22(13)16/h5-8,13,16H,1-4H3,(H,20,21,23)/t13-,16-/m0/s1. The van der Waals surface area contributed by atoms with Crippen LogP contribution in [-0.4, -0.2) is 45.6 Å². The number of methoxy groups -OCH3 is 1. The van der Waals surface area contributed by atoms with Crippen LogP contribution >= 0.6 is 23.1 Å². The molecule has 2 amide bonds. The minimum Gasteiger partial charge on any atom is -0.464 e. The van der Waals surface area contributed by atoms with Gasteiger partial charge in [-0.25, -0.2) is 9.78 Å². The van der Waals surface area contributed by atoms with Crippen LogP contribution in [0.4, 0.5) is 5.13 Å². The Morgan fingerprint density at radius 1 is 1.29 bits per heavy atom. The van der Waals surface area contributed by atoms with Crippen LogP contribution < -0.4 is 5.32 Å². The van der Waals surface area contributed by atoms with Crippen LogP contribution in [-0.2, 0) is 9.53 Å². The van der Waals surface area contributed by atoms with Crippen molar-refractivity contribution in [2.75, 3.05) is 12.4 Å². The van der Waals surface area contributed by atoms with Gasteiger partial charge < -0.3 is 15.0 Å². The molecular weight excluding hydrogens is 398 g/mol. The summed E-state index contributed by atoms with van der Waals surface area (Å²) in [5.74, 6) is -0.994. The first-order valence-corrected chi connectivity index (χ1v) is 10.4. The van der Waals surface area contributed by atoms with Gasteiger partial charge in [-0.1, -0.05) is 18.2 Å². The number of hydrogen-bond acceptors (Lipinski definition) is 7. The Bertz CT molecular complexity index is 1000. The lowest BCUT2D eigenvalue weighted by atomic mass is 10.0. The molecule has 9 heteroatoms. The number of rotatable bonds is 3. The summed E-state index contributed by atoms with van der Waals surface area (Å²) in [6.07, 6.45) is 0. The van der Waals surface area contributed by atoms with Crippen LogP contribution in [0.25, 0.3) is 0 Å². The van der Waals surface area contributed by atoms with Gasteiger partial charge in [0.25, 0.3) is 5.91 Å². The van der Waals surface area contributed by atoms with Crippen molar-refractivity contribution in [2.45, 2.75) is 36.9 Å². The Balaban J connectivity index is 1.63. The van der Waals surface area contributed by atoms with Crippen molar-refractivity contribution in [3.05, 3.63) is 46.0 Å². The van der Waals surface area contributed by atoms with Gasteiger partial charge in [0.2, 0.25) is 5.91 Å². The van der Waals surface area contributed by atoms with Crippen molar-refractivity contribution in [1.82, 2.24) is 9.88 Å². The SMILES string of the molecule is COC(=O)c1nc(NC(=O)[C@@H]2N3C(=O)c4ccccc4[C@@H]3SC2(C)C)sc1C.